The van der Waals surface area contributed by atoms with E-state index in [1.807, 2.05) is 24.3 Å². The Morgan fingerprint density at radius 3 is 1.71 bits per heavy atom. The van der Waals surface area contributed by atoms with Crippen LogP contribution in [0.4, 0.5) is 0 Å². The van der Waals surface area contributed by atoms with Crippen LogP contribution in [0.1, 0.15) is 29.5 Å². The van der Waals surface area contributed by atoms with Gasteiger partial charge in [-0.2, -0.15) is 0 Å². The van der Waals surface area contributed by atoms with Gasteiger partial charge in [0.05, 0.1) is 6.04 Å². The first kappa shape index (κ1) is 35.0. The van der Waals surface area contributed by atoms with E-state index in [0.717, 1.165) is 10.9 Å². The molecule has 252 valence electrons. The fourth-order valence-corrected chi connectivity index (χ4v) is 5.13. The third-order valence-electron chi connectivity index (χ3n) is 7.77. The summed E-state index contributed by atoms with van der Waals surface area (Å²) in [6.45, 7) is 0. The van der Waals surface area contributed by atoms with Crippen LogP contribution in [0.3, 0.4) is 0 Å². The smallest absolute Gasteiger partial charge is 0.326 e. The largest absolute Gasteiger partial charge is 0.508 e. The molecule has 4 atom stereocenters. The van der Waals surface area contributed by atoms with Crippen LogP contribution in [0.2, 0.25) is 0 Å². The van der Waals surface area contributed by atoms with Crippen molar-refractivity contribution in [2.75, 3.05) is 0 Å². The molecule has 0 fully saturated rings. The van der Waals surface area contributed by atoms with Gasteiger partial charge in [-0.3, -0.25) is 19.2 Å². The molecule has 3 aromatic carbocycles. The van der Waals surface area contributed by atoms with E-state index in [1.165, 1.54) is 24.3 Å². The summed E-state index contributed by atoms with van der Waals surface area (Å²) in [5, 5.41) is 38.0. The van der Waals surface area contributed by atoms with Crippen molar-refractivity contribution in [2.24, 2.45) is 11.5 Å². The molecular weight excluding hydrogens is 620 g/mol. The van der Waals surface area contributed by atoms with Crippen molar-refractivity contribution < 1.29 is 39.3 Å². The second kappa shape index (κ2) is 16.1. The number of hydrogen-bond acceptors (Lipinski definition) is 8. The minimum atomic E-state index is -1.35. The van der Waals surface area contributed by atoms with Gasteiger partial charge in [0.2, 0.25) is 23.6 Å². The molecule has 4 rings (SSSR count). The van der Waals surface area contributed by atoms with Gasteiger partial charge in [-0.1, -0.05) is 42.5 Å². The molecule has 4 aromatic rings. The van der Waals surface area contributed by atoms with Crippen LogP contribution in [0.25, 0.3) is 10.9 Å². The molecule has 14 nitrogen and oxygen atoms in total. The number of aromatic hydroxyl groups is 2. The molecule has 11 N–H and O–H groups in total. The summed E-state index contributed by atoms with van der Waals surface area (Å²) < 4.78 is 0. The fraction of sp³-hybridized carbons (Fsp3) is 0.265. The number of para-hydroxylation sites is 1. The van der Waals surface area contributed by atoms with Crippen molar-refractivity contribution in [1.29, 1.82) is 0 Å². The number of benzene rings is 3. The molecular formula is C34H38N6O8. The predicted molar refractivity (Wildman–Crippen MR) is 175 cm³/mol. The Labute approximate surface area is 275 Å². The maximum Gasteiger partial charge on any atom is 0.326 e. The Morgan fingerprint density at radius 2 is 1.19 bits per heavy atom. The Kier molecular flexibility index (Phi) is 11.7. The van der Waals surface area contributed by atoms with Crippen LogP contribution < -0.4 is 27.4 Å². The summed E-state index contributed by atoms with van der Waals surface area (Å²) in [5.41, 5.74) is 13.7. The summed E-state index contributed by atoms with van der Waals surface area (Å²) >= 11 is 0. The minimum Gasteiger partial charge on any atom is -0.508 e. The molecule has 0 saturated heterocycles. The van der Waals surface area contributed by atoms with E-state index in [4.69, 9.17) is 11.5 Å². The molecule has 0 radical (unpaired) electrons. The van der Waals surface area contributed by atoms with E-state index in [0.29, 0.717) is 16.7 Å². The number of fused-ring (bicyclic) bond motifs is 1. The predicted octanol–water partition coefficient (Wildman–Crippen LogP) is 0.739. The molecule has 14 heteroatoms. The van der Waals surface area contributed by atoms with Crippen molar-refractivity contribution in [3.8, 4) is 11.5 Å². The molecule has 0 aliphatic carbocycles. The fourth-order valence-electron chi connectivity index (χ4n) is 5.13. The van der Waals surface area contributed by atoms with Crippen molar-refractivity contribution in [3.63, 3.8) is 0 Å². The summed E-state index contributed by atoms with van der Waals surface area (Å²) in [6, 6.07) is 14.1. The first-order chi connectivity index (χ1) is 22.9. The van der Waals surface area contributed by atoms with E-state index >= 15 is 0 Å². The standard InChI is InChI=1S/C34H38N6O8/c35-25(13-14-30(36)43)31(44)38-27(15-19-5-9-22(41)10-6-19)32(45)39-28(16-20-7-11-23(42)12-8-20)33(46)40-29(34(47)48)17-21-18-37-26-4-2-1-3-24(21)26/h1-12,18,25,27-29,37,41-42H,13-17,35H2,(H2,36,43)(H,38,44)(H,39,45)(H,40,46)(H,47,48). The van der Waals surface area contributed by atoms with Gasteiger partial charge < -0.3 is 47.7 Å². The van der Waals surface area contributed by atoms with Crippen LogP contribution in [-0.4, -0.2) is 74.1 Å². The van der Waals surface area contributed by atoms with Crippen molar-refractivity contribution in [2.45, 2.75) is 56.3 Å². The zero-order valence-electron chi connectivity index (χ0n) is 25.9. The lowest BCUT2D eigenvalue weighted by Crippen LogP contribution is -2.58. The lowest BCUT2D eigenvalue weighted by molar-refractivity contribution is -0.142. The number of phenols is 2. The number of primary amides is 1. The van der Waals surface area contributed by atoms with Gasteiger partial charge in [0.25, 0.3) is 0 Å². The van der Waals surface area contributed by atoms with Crippen molar-refractivity contribution >= 4 is 40.5 Å². The number of H-pyrrole nitrogens is 1. The second-order valence-electron chi connectivity index (χ2n) is 11.4. The van der Waals surface area contributed by atoms with E-state index in [-0.39, 0.29) is 43.6 Å². The number of rotatable bonds is 16. The molecule has 0 aliphatic rings. The first-order valence-electron chi connectivity index (χ1n) is 15.2. The lowest BCUT2D eigenvalue weighted by Gasteiger charge is -2.25. The molecule has 1 aromatic heterocycles. The van der Waals surface area contributed by atoms with Crippen molar-refractivity contribution in [3.05, 3.63) is 95.7 Å². The number of nitrogens with one attached hydrogen (secondary N) is 4. The topological polar surface area (TPSA) is 250 Å². The highest BCUT2D eigenvalue weighted by atomic mass is 16.4. The maximum atomic E-state index is 13.8. The van der Waals surface area contributed by atoms with Gasteiger partial charge in [0.15, 0.2) is 0 Å². The van der Waals surface area contributed by atoms with Crippen LogP contribution in [0.5, 0.6) is 11.5 Å². The molecule has 4 amide bonds. The SMILES string of the molecule is NC(=O)CCC(N)C(=O)NC(Cc1ccc(O)cc1)C(=O)NC(Cc1ccc(O)cc1)C(=O)NC(Cc1c[nH]c2ccccc12)C(=O)O. The highest BCUT2D eigenvalue weighted by Crippen LogP contribution is 2.20. The Bertz CT molecular complexity index is 1760. The quantitative estimate of drug-likeness (QED) is 0.0822. The van der Waals surface area contributed by atoms with Gasteiger partial charge in [-0.15, -0.1) is 0 Å². The highest BCUT2D eigenvalue weighted by molar-refractivity contribution is 5.95. The van der Waals surface area contributed by atoms with E-state index in [2.05, 4.69) is 20.9 Å². The van der Waals surface area contributed by atoms with Crippen molar-refractivity contribution in [1.82, 2.24) is 20.9 Å². The van der Waals surface area contributed by atoms with Gasteiger partial charge >= 0.3 is 5.97 Å². The number of carboxylic acid groups (broad SMARTS) is 1. The summed E-state index contributed by atoms with van der Waals surface area (Å²) in [7, 11) is 0. The molecule has 0 aliphatic heterocycles. The number of carbonyl (C=O) groups is 5. The number of phenolic OH excluding ortho intramolecular Hbond substituents is 2. The van der Waals surface area contributed by atoms with Gasteiger partial charge in [0.1, 0.15) is 29.6 Å². The number of carbonyl (C=O) groups excluding carboxylic acids is 4. The average Bonchev–Trinajstić information content (AvgIpc) is 3.47. The molecule has 4 unspecified atom stereocenters. The van der Waals surface area contributed by atoms with E-state index in [9.17, 15) is 39.3 Å². The monoisotopic (exact) mass is 658 g/mol. The third kappa shape index (κ3) is 9.80. The van der Waals surface area contributed by atoms with Gasteiger partial charge in [-0.25, -0.2) is 4.79 Å². The maximum absolute atomic E-state index is 13.8. The average molecular weight is 659 g/mol. The summed E-state index contributed by atoms with van der Waals surface area (Å²) in [6.07, 6.45) is 1.26. The molecule has 1 heterocycles. The third-order valence-corrected chi connectivity index (χ3v) is 7.77. The Hall–Kier alpha value is -5.89. The number of amides is 4. The molecule has 0 saturated carbocycles. The van der Waals surface area contributed by atoms with Crippen LogP contribution >= 0.6 is 0 Å². The Balaban J connectivity index is 1.58. The van der Waals surface area contributed by atoms with E-state index < -0.39 is 53.8 Å². The number of aliphatic carboxylic acids is 1. The van der Waals surface area contributed by atoms with Crippen LogP contribution in [0.15, 0.2) is 79.0 Å². The summed E-state index contributed by atoms with van der Waals surface area (Å²) in [4.78, 5) is 67.1. The summed E-state index contributed by atoms with van der Waals surface area (Å²) in [5.74, 6) is -4.27. The first-order valence-corrected chi connectivity index (χ1v) is 15.2. The lowest BCUT2D eigenvalue weighted by atomic mass is 10.0. The minimum absolute atomic E-state index is 0.0106. The number of carboxylic acids is 1. The van der Waals surface area contributed by atoms with E-state index in [1.54, 1.807) is 30.5 Å². The normalized spacial score (nSPS) is 13.5. The number of hydrogen-bond donors (Lipinski definition) is 9. The molecule has 48 heavy (non-hydrogen) atoms. The van der Waals surface area contributed by atoms with Crippen LogP contribution in [0, 0.1) is 0 Å². The van der Waals surface area contributed by atoms with Crippen LogP contribution in [-0.2, 0) is 43.2 Å². The zero-order chi connectivity index (χ0) is 34.8. The number of aromatic amines is 1. The molecule has 0 spiro atoms. The van der Waals surface area contributed by atoms with Gasteiger partial charge in [-0.05, 0) is 53.4 Å². The van der Waals surface area contributed by atoms with Gasteiger partial charge in [0, 0.05) is 42.8 Å². The number of nitrogens with two attached hydrogens (primary N) is 2. The molecule has 0 bridgehead atoms. The zero-order valence-corrected chi connectivity index (χ0v) is 25.9. The Morgan fingerprint density at radius 1 is 0.688 bits per heavy atom. The second-order valence-corrected chi connectivity index (χ2v) is 11.4. The highest BCUT2D eigenvalue weighted by Gasteiger charge is 2.31. The number of aromatic nitrogens is 1.